The van der Waals surface area contributed by atoms with Crippen molar-refractivity contribution in [3.05, 3.63) is 24.6 Å². The van der Waals surface area contributed by atoms with Crippen molar-refractivity contribution in [2.45, 2.75) is 25.3 Å². The second-order valence-electron chi connectivity index (χ2n) is 4.43. The summed E-state index contributed by atoms with van der Waals surface area (Å²) in [6.45, 7) is 1.00. The second-order valence-corrected chi connectivity index (χ2v) is 5.23. The lowest BCUT2D eigenvalue weighted by Crippen LogP contribution is -2.41. The average Bonchev–Trinajstić information content (AvgIpc) is 2.73. The van der Waals surface area contributed by atoms with E-state index < -0.39 is 0 Å². The van der Waals surface area contributed by atoms with E-state index in [1.165, 1.54) is 19.3 Å². The molecule has 0 unspecified atom stereocenters. The summed E-state index contributed by atoms with van der Waals surface area (Å²) in [6.07, 6.45) is 7.47. The topological polar surface area (TPSA) is 29.3 Å². The van der Waals surface area contributed by atoms with E-state index >= 15 is 0 Å². The van der Waals surface area contributed by atoms with Gasteiger partial charge < -0.3 is 9.32 Å². The lowest BCUT2D eigenvalue weighted by molar-refractivity contribution is 0.390. The molecular weight excluding hydrogens is 280 g/mol. The van der Waals surface area contributed by atoms with Crippen LogP contribution in [0, 0.1) is 0 Å². The van der Waals surface area contributed by atoms with E-state index in [0.29, 0.717) is 6.04 Å². The van der Waals surface area contributed by atoms with E-state index in [2.05, 4.69) is 25.8 Å². The van der Waals surface area contributed by atoms with Crippen molar-refractivity contribution >= 4 is 32.7 Å². The van der Waals surface area contributed by atoms with Crippen molar-refractivity contribution in [2.75, 3.05) is 16.8 Å². The van der Waals surface area contributed by atoms with Gasteiger partial charge in [0.25, 0.3) is 0 Å². The lowest BCUT2D eigenvalue weighted by atomic mass is 9.91. The molecule has 0 aromatic carbocycles. The monoisotopic (exact) mass is 294 g/mol. The van der Waals surface area contributed by atoms with Gasteiger partial charge in [0.05, 0.1) is 11.6 Å². The fraction of sp³-hybridized carbons (Fsp3) is 0.462. The second kappa shape index (κ2) is 4.69. The predicted molar refractivity (Wildman–Crippen MR) is 72.8 cm³/mol. The highest BCUT2D eigenvalue weighted by Crippen LogP contribution is 2.32. The zero-order valence-electron chi connectivity index (χ0n) is 9.60. The highest BCUT2D eigenvalue weighted by atomic mass is 79.9. The Morgan fingerprint density at radius 3 is 3.00 bits per heavy atom. The highest BCUT2D eigenvalue weighted by Gasteiger charge is 2.26. The average molecular weight is 295 g/mol. The first-order valence-electron chi connectivity index (χ1n) is 6.05. The van der Waals surface area contributed by atoms with Crippen LogP contribution in [0.25, 0.3) is 11.0 Å². The van der Waals surface area contributed by atoms with Crippen LogP contribution in [0.3, 0.4) is 0 Å². The van der Waals surface area contributed by atoms with E-state index in [-0.39, 0.29) is 0 Å². The van der Waals surface area contributed by atoms with Crippen molar-refractivity contribution in [1.82, 2.24) is 4.98 Å². The third-order valence-electron chi connectivity index (χ3n) is 3.47. The molecule has 2 heterocycles. The van der Waals surface area contributed by atoms with Gasteiger partial charge in [-0.15, -0.1) is 0 Å². The number of anilines is 1. The van der Waals surface area contributed by atoms with Gasteiger partial charge in [-0.1, -0.05) is 15.9 Å². The molecule has 3 rings (SSSR count). The quantitative estimate of drug-likeness (QED) is 0.807. The Morgan fingerprint density at radius 1 is 1.41 bits per heavy atom. The Labute approximate surface area is 109 Å². The van der Waals surface area contributed by atoms with Crippen LogP contribution in [-0.2, 0) is 0 Å². The normalized spacial score (nSPS) is 16.1. The van der Waals surface area contributed by atoms with E-state index in [9.17, 15) is 0 Å². The Kier molecular flexibility index (Phi) is 3.05. The van der Waals surface area contributed by atoms with Gasteiger partial charge in [0.2, 0.25) is 0 Å². The van der Waals surface area contributed by atoms with Gasteiger partial charge in [-0.05, 0) is 31.4 Å². The smallest absolute Gasteiger partial charge is 0.139 e. The molecular formula is C13H15BrN2O. The molecule has 90 valence electrons. The highest BCUT2D eigenvalue weighted by molar-refractivity contribution is 9.09. The molecule has 0 saturated heterocycles. The molecule has 0 radical (unpaired) electrons. The van der Waals surface area contributed by atoms with Gasteiger partial charge in [-0.2, -0.15) is 0 Å². The minimum atomic E-state index is 0.653. The van der Waals surface area contributed by atoms with Crippen molar-refractivity contribution in [3.63, 3.8) is 0 Å². The molecule has 1 aliphatic rings. The first-order valence-corrected chi connectivity index (χ1v) is 7.17. The Bertz CT molecular complexity index is 507. The number of hydrogen-bond donors (Lipinski definition) is 0. The van der Waals surface area contributed by atoms with Gasteiger partial charge in [0.1, 0.15) is 11.4 Å². The van der Waals surface area contributed by atoms with Crippen LogP contribution in [0.4, 0.5) is 5.82 Å². The number of furan rings is 1. The number of rotatable bonds is 4. The van der Waals surface area contributed by atoms with E-state index in [0.717, 1.165) is 28.7 Å². The van der Waals surface area contributed by atoms with Crippen LogP contribution in [-0.4, -0.2) is 22.9 Å². The molecule has 4 heteroatoms. The molecule has 0 atom stereocenters. The SMILES string of the molecule is BrCCN(c1nccc2occc12)C1CCC1. The zero-order chi connectivity index (χ0) is 11.7. The number of aromatic nitrogens is 1. The summed E-state index contributed by atoms with van der Waals surface area (Å²) in [4.78, 5) is 6.96. The van der Waals surface area contributed by atoms with Gasteiger partial charge >= 0.3 is 0 Å². The number of pyridine rings is 1. The summed E-state index contributed by atoms with van der Waals surface area (Å²) < 4.78 is 5.44. The minimum Gasteiger partial charge on any atom is -0.464 e. The third kappa shape index (κ3) is 1.95. The molecule has 0 amide bonds. The molecule has 1 fully saturated rings. The zero-order valence-corrected chi connectivity index (χ0v) is 11.2. The maximum absolute atomic E-state index is 5.44. The number of alkyl halides is 1. The summed E-state index contributed by atoms with van der Waals surface area (Å²) in [5, 5.41) is 2.10. The predicted octanol–water partition coefficient (Wildman–Crippen LogP) is 3.58. The van der Waals surface area contributed by atoms with Crippen LogP contribution in [0.1, 0.15) is 19.3 Å². The number of fused-ring (bicyclic) bond motifs is 1. The first-order chi connectivity index (χ1) is 8.40. The fourth-order valence-electron chi connectivity index (χ4n) is 2.36. The Hall–Kier alpha value is -1.03. The van der Waals surface area contributed by atoms with E-state index in [4.69, 9.17) is 4.42 Å². The minimum absolute atomic E-state index is 0.653. The number of halogens is 1. The standard InChI is InChI=1S/C13H15BrN2O/c14-6-8-16(10-2-1-3-10)13-11-5-9-17-12(11)4-7-15-13/h4-5,7,9-10H,1-3,6,8H2. The molecule has 0 bridgehead atoms. The molecule has 1 aliphatic carbocycles. The third-order valence-corrected chi connectivity index (χ3v) is 3.83. The molecule has 0 aliphatic heterocycles. The van der Waals surface area contributed by atoms with E-state index in [1.807, 2.05) is 18.3 Å². The first kappa shape index (κ1) is 11.1. The number of nitrogens with zero attached hydrogens (tertiary/aromatic N) is 2. The summed E-state index contributed by atoms with van der Waals surface area (Å²) in [7, 11) is 0. The van der Waals surface area contributed by atoms with Gasteiger partial charge in [0, 0.05) is 24.1 Å². The van der Waals surface area contributed by atoms with Crippen molar-refractivity contribution < 1.29 is 4.42 Å². The van der Waals surface area contributed by atoms with Crippen LogP contribution in [0.5, 0.6) is 0 Å². The van der Waals surface area contributed by atoms with Gasteiger partial charge in [0.15, 0.2) is 0 Å². The maximum atomic E-state index is 5.44. The molecule has 3 nitrogen and oxygen atoms in total. The Balaban J connectivity index is 2.01. The summed E-state index contributed by atoms with van der Waals surface area (Å²) in [5.41, 5.74) is 0.925. The molecule has 0 N–H and O–H groups in total. The lowest BCUT2D eigenvalue weighted by Gasteiger charge is -2.38. The van der Waals surface area contributed by atoms with Gasteiger partial charge in [-0.3, -0.25) is 0 Å². The molecule has 2 aromatic heterocycles. The largest absolute Gasteiger partial charge is 0.464 e. The van der Waals surface area contributed by atoms with Gasteiger partial charge in [-0.25, -0.2) is 4.98 Å². The van der Waals surface area contributed by atoms with Crippen molar-refractivity contribution in [3.8, 4) is 0 Å². The van der Waals surface area contributed by atoms with E-state index in [1.54, 1.807) is 6.26 Å². The molecule has 2 aromatic rings. The summed E-state index contributed by atoms with van der Waals surface area (Å²) in [6, 6.07) is 4.59. The maximum Gasteiger partial charge on any atom is 0.139 e. The van der Waals surface area contributed by atoms with Crippen LogP contribution >= 0.6 is 15.9 Å². The Morgan fingerprint density at radius 2 is 2.29 bits per heavy atom. The van der Waals surface area contributed by atoms with Crippen LogP contribution in [0.15, 0.2) is 29.0 Å². The van der Waals surface area contributed by atoms with Crippen LogP contribution < -0.4 is 4.90 Å². The van der Waals surface area contributed by atoms with Crippen molar-refractivity contribution in [1.29, 1.82) is 0 Å². The summed E-state index contributed by atoms with van der Waals surface area (Å²) in [5.74, 6) is 1.07. The number of hydrogen-bond acceptors (Lipinski definition) is 3. The van der Waals surface area contributed by atoms with Crippen molar-refractivity contribution in [2.24, 2.45) is 0 Å². The van der Waals surface area contributed by atoms with Crippen LogP contribution in [0.2, 0.25) is 0 Å². The molecule has 17 heavy (non-hydrogen) atoms. The molecule has 0 spiro atoms. The molecule has 1 saturated carbocycles. The summed E-state index contributed by atoms with van der Waals surface area (Å²) >= 11 is 3.53. The fourth-order valence-corrected chi connectivity index (χ4v) is 2.74.